The molecule has 1 fully saturated rings. The lowest BCUT2D eigenvalue weighted by Gasteiger charge is -2.21. The standard InChI is InChI=1S/C10H18N4O2/c1-2-11-6-9-13-14-10(16-9)12-8-4-3-5-15-7-8/h8,11H,2-7H2,1H3,(H,12,14). The molecule has 0 aliphatic carbocycles. The largest absolute Gasteiger partial charge is 0.407 e. The lowest BCUT2D eigenvalue weighted by Crippen LogP contribution is -2.30. The first-order chi connectivity index (χ1) is 7.88. The van der Waals surface area contributed by atoms with E-state index in [1.807, 2.05) is 6.92 Å². The van der Waals surface area contributed by atoms with Crippen LogP contribution in [0.15, 0.2) is 4.42 Å². The fourth-order valence-electron chi connectivity index (χ4n) is 1.64. The van der Waals surface area contributed by atoms with Gasteiger partial charge in [-0.1, -0.05) is 12.0 Å². The van der Waals surface area contributed by atoms with E-state index in [2.05, 4.69) is 20.8 Å². The van der Waals surface area contributed by atoms with Crippen LogP contribution in [0, 0.1) is 0 Å². The van der Waals surface area contributed by atoms with Crippen LogP contribution in [0.1, 0.15) is 25.7 Å². The highest BCUT2D eigenvalue weighted by Gasteiger charge is 2.16. The van der Waals surface area contributed by atoms with Crippen molar-refractivity contribution in [3.63, 3.8) is 0 Å². The van der Waals surface area contributed by atoms with Crippen molar-refractivity contribution in [1.29, 1.82) is 0 Å². The van der Waals surface area contributed by atoms with E-state index in [1.54, 1.807) is 0 Å². The van der Waals surface area contributed by atoms with Gasteiger partial charge in [0, 0.05) is 6.61 Å². The minimum atomic E-state index is 0.293. The van der Waals surface area contributed by atoms with Gasteiger partial charge in [0.05, 0.1) is 19.2 Å². The highest BCUT2D eigenvalue weighted by Crippen LogP contribution is 2.13. The van der Waals surface area contributed by atoms with Crippen LogP contribution < -0.4 is 10.6 Å². The molecule has 1 aromatic rings. The molecule has 0 saturated carbocycles. The summed E-state index contributed by atoms with van der Waals surface area (Å²) in [5, 5.41) is 14.2. The second-order valence-electron chi connectivity index (χ2n) is 3.84. The van der Waals surface area contributed by atoms with Crippen molar-refractivity contribution in [3.8, 4) is 0 Å². The Morgan fingerprint density at radius 3 is 3.12 bits per heavy atom. The number of aromatic nitrogens is 2. The summed E-state index contributed by atoms with van der Waals surface area (Å²) in [4.78, 5) is 0. The number of rotatable bonds is 5. The average Bonchev–Trinajstić information content (AvgIpc) is 2.75. The number of hydrogen-bond donors (Lipinski definition) is 2. The van der Waals surface area contributed by atoms with Crippen LogP contribution in [0.5, 0.6) is 0 Å². The maximum Gasteiger partial charge on any atom is 0.315 e. The third-order valence-corrected chi connectivity index (χ3v) is 2.48. The molecular weight excluding hydrogens is 208 g/mol. The molecular formula is C10H18N4O2. The third kappa shape index (κ3) is 3.18. The molecule has 2 rings (SSSR count). The Kier molecular flexibility index (Phi) is 4.12. The van der Waals surface area contributed by atoms with Crippen molar-refractivity contribution in [2.24, 2.45) is 0 Å². The maximum atomic E-state index is 5.44. The number of hydrogen-bond acceptors (Lipinski definition) is 6. The van der Waals surface area contributed by atoms with Crippen LogP contribution in [0.4, 0.5) is 6.01 Å². The molecule has 6 heteroatoms. The van der Waals surface area contributed by atoms with Crippen LogP contribution in [0.3, 0.4) is 0 Å². The Balaban J connectivity index is 1.81. The van der Waals surface area contributed by atoms with Gasteiger partial charge in [-0.3, -0.25) is 0 Å². The highest BCUT2D eigenvalue weighted by atomic mass is 16.5. The SMILES string of the molecule is CCNCc1nnc(NC2CCCOC2)o1. The Bertz CT molecular complexity index is 310. The van der Waals surface area contributed by atoms with Gasteiger partial charge in [-0.25, -0.2) is 0 Å². The highest BCUT2D eigenvalue weighted by molar-refractivity contribution is 5.19. The molecule has 2 N–H and O–H groups in total. The van der Waals surface area contributed by atoms with Gasteiger partial charge in [-0.15, -0.1) is 5.10 Å². The van der Waals surface area contributed by atoms with Gasteiger partial charge in [0.2, 0.25) is 5.89 Å². The molecule has 0 amide bonds. The molecule has 1 aliphatic rings. The van der Waals surface area contributed by atoms with Crippen LogP contribution in [-0.4, -0.2) is 36.0 Å². The van der Waals surface area contributed by atoms with Crippen molar-refractivity contribution in [2.45, 2.75) is 32.4 Å². The topological polar surface area (TPSA) is 72.2 Å². The fraction of sp³-hybridized carbons (Fsp3) is 0.800. The molecule has 0 aromatic carbocycles. The van der Waals surface area contributed by atoms with E-state index in [1.165, 1.54) is 0 Å². The summed E-state index contributed by atoms with van der Waals surface area (Å²) in [5.74, 6) is 0.612. The zero-order valence-electron chi connectivity index (χ0n) is 9.53. The van der Waals surface area contributed by atoms with Crippen LogP contribution >= 0.6 is 0 Å². The minimum Gasteiger partial charge on any atom is -0.407 e. The van der Waals surface area contributed by atoms with E-state index in [-0.39, 0.29) is 0 Å². The Morgan fingerprint density at radius 2 is 2.38 bits per heavy atom. The molecule has 0 radical (unpaired) electrons. The summed E-state index contributed by atoms with van der Waals surface area (Å²) in [5.41, 5.74) is 0. The molecule has 1 aromatic heterocycles. The smallest absolute Gasteiger partial charge is 0.315 e. The lowest BCUT2D eigenvalue weighted by atomic mass is 10.1. The van der Waals surface area contributed by atoms with Gasteiger partial charge in [-0.2, -0.15) is 0 Å². The van der Waals surface area contributed by atoms with E-state index in [9.17, 15) is 0 Å². The van der Waals surface area contributed by atoms with Crippen molar-refractivity contribution in [1.82, 2.24) is 15.5 Å². The van der Waals surface area contributed by atoms with E-state index in [0.29, 0.717) is 31.1 Å². The summed E-state index contributed by atoms with van der Waals surface area (Å²) >= 11 is 0. The quantitative estimate of drug-likeness (QED) is 0.772. The van der Waals surface area contributed by atoms with E-state index >= 15 is 0 Å². The minimum absolute atomic E-state index is 0.293. The first-order valence-electron chi connectivity index (χ1n) is 5.76. The molecule has 0 spiro atoms. The molecule has 1 saturated heterocycles. The number of nitrogens with one attached hydrogen (secondary N) is 2. The van der Waals surface area contributed by atoms with Gasteiger partial charge in [0.1, 0.15) is 0 Å². The third-order valence-electron chi connectivity index (χ3n) is 2.48. The van der Waals surface area contributed by atoms with Crippen LogP contribution in [0.25, 0.3) is 0 Å². The predicted molar refractivity (Wildman–Crippen MR) is 59.1 cm³/mol. The number of ether oxygens (including phenoxy) is 1. The average molecular weight is 226 g/mol. The zero-order valence-corrected chi connectivity index (χ0v) is 9.53. The zero-order chi connectivity index (χ0) is 11.2. The monoisotopic (exact) mass is 226 g/mol. The van der Waals surface area contributed by atoms with Crippen molar-refractivity contribution >= 4 is 6.01 Å². The molecule has 0 bridgehead atoms. The molecule has 1 unspecified atom stereocenters. The molecule has 1 atom stereocenters. The second-order valence-corrected chi connectivity index (χ2v) is 3.84. The normalized spacial score (nSPS) is 20.9. The summed E-state index contributed by atoms with van der Waals surface area (Å²) in [7, 11) is 0. The van der Waals surface area contributed by atoms with Crippen molar-refractivity contribution in [3.05, 3.63) is 5.89 Å². The predicted octanol–water partition coefficient (Wildman–Crippen LogP) is 0.770. The van der Waals surface area contributed by atoms with Gasteiger partial charge < -0.3 is 19.8 Å². The summed E-state index contributed by atoms with van der Waals surface area (Å²) in [6.45, 7) is 5.11. The number of anilines is 1. The lowest BCUT2D eigenvalue weighted by molar-refractivity contribution is 0.0868. The Hall–Kier alpha value is -1.14. The van der Waals surface area contributed by atoms with Gasteiger partial charge in [0.25, 0.3) is 0 Å². The Labute approximate surface area is 94.8 Å². The first kappa shape index (κ1) is 11.3. The van der Waals surface area contributed by atoms with Crippen molar-refractivity contribution in [2.75, 3.05) is 25.1 Å². The summed E-state index contributed by atoms with van der Waals surface area (Å²) in [6, 6.07) is 0.782. The van der Waals surface area contributed by atoms with Gasteiger partial charge >= 0.3 is 6.01 Å². The van der Waals surface area contributed by atoms with E-state index < -0.39 is 0 Å². The number of nitrogens with zero attached hydrogens (tertiary/aromatic N) is 2. The second kappa shape index (κ2) is 5.81. The van der Waals surface area contributed by atoms with Crippen LogP contribution in [0.2, 0.25) is 0 Å². The van der Waals surface area contributed by atoms with Gasteiger partial charge in [-0.05, 0) is 19.4 Å². The molecule has 2 heterocycles. The molecule has 16 heavy (non-hydrogen) atoms. The first-order valence-corrected chi connectivity index (χ1v) is 5.76. The molecule has 6 nitrogen and oxygen atoms in total. The molecule has 90 valence electrons. The summed E-state index contributed by atoms with van der Waals surface area (Å²) < 4.78 is 10.8. The van der Waals surface area contributed by atoms with Gasteiger partial charge in [0.15, 0.2) is 0 Å². The van der Waals surface area contributed by atoms with E-state index in [0.717, 1.165) is 26.0 Å². The van der Waals surface area contributed by atoms with Crippen molar-refractivity contribution < 1.29 is 9.15 Å². The fourth-order valence-corrected chi connectivity index (χ4v) is 1.64. The van der Waals surface area contributed by atoms with Crippen LogP contribution in [-0.2, 0) is 11.3 Å². The maximum absolute atomic E-state index is 5.44. The Morgan fingerprint density at radius 1 is 1.44 bits per heavy atom. The molecule has 1 aliphatic heterocycles. The van der Waals surface area contributed by atoms with E-state index in [4.69, 9.17) is 9.15 Å². The summed E-state index contributed by atoms with van der Waals surface area (Å²) in [6.07, 6.45) is 2.17.